The first-order valence-electron chi connectivity index (χ1n) is 6.12. The minimum absolute atomic E-state index is 0.262. The minimum atomic E-state index is -0.287. The molecule has 0 fully saturated rings. The Labute approximate surface area is 116 Å². The molecule has 0 heterocycles. The van der Waals surface area contributed by atoms with Gasteiger partial charge in [-0.15, -0.1) is 13.2 Å². The molecule has 0 saturated heterocycles. The molecule has 0 aliphatic rings. The van der Waals surface area contributed by atoms with Crippen LogP contribution < -0.4 is 0 Å². The summed E-state index contributed by atoms with van der Waals surface area (Å²) in [7, 11) is 6.42. The minimum Gasteiger partial charge on any atom is -0.382 e. The van der Waals surface area contributed by atoms with E-state index in [1.165, 1.54) is 0 Å². The van der Waals surface area contributed by atoms with E-state index in [9.17, 15) is 0 Å². The van der Waals surface area contributed by atoms with E-state index in [4.69, 9.17) is 23.7 Å². The van der Waals surface area contributed by atoms with Crippen molar-refractivity contribution in [2.24, 2.45) is 0 Å². The fourth-order valence-electron chi connectivity index (χ4n) is 1.78. The SMILES string of the molecule is C=CC(OC)C(COC)OC(COC)C(C=C)OC. The Kier molecular flexibility index (Phi) is 10.7. The molecular weight excluding hydrogens is 248 g/mol. The highest BCUT2D eigenvalue weighted by molar-refractivity contribution is 4.91. The van der Waals surface area contributed by atoms with Crippen LogP contribution in [0.4, 0.5) is 0 Å². The van der Waals surface area contributed by atoms with Gasteiger partial charge in [0.15, 0.2) is 0 Å². The quantitative estimate of drug-likeness (QED) is 0.504. The number of methoxy groups -OCH3 is 4. The van der Waals surface area contributed by atoms with Gasteiger partial charge in [0, 0.05) is 28.4 Å². The van der Waals surface area contributed by atoms with Crippen LogP contribution in [0.5, 0.6) is 0 Å². The Balaban J connectivity index is 4.80. The van der Waals surface area contributed by atoms with Gasteiger partial charge in [0.1, 0.15) is 24.4 Å². The zero-order valence-corrected chi connectivity index (χ0v) is 12.3. The fraction of sp³-hybridized carbons (Fsp3) is 0.714. The maximum Gasteiger partial charge on any atom is 0.111 e. The third-order valence-electron chi connectivity index (χ3n) is 2.75. The lowest BCUT2D eigenvalue weighted by atomic mass is 10.1. The Morgan fingerprint density at radius 2 is 1.16 bits per heavy atom. The maximum atomic E-state index is 5.98. The largest absolute Gasteiger partial charge is 0.382 e. The summed E-state index contributed by atoms with van der Waals surface area (Å²) >= 11 is 0. The van der Waals surface area contributed by atoms with Gasteiger partial charge < -0.3 is 23.7 Å². The summed E-state index contributed by atoms with van der Waals surface area (Å²) in [5.74, 6) is 0. The van der Waals surface area contributed by atoms with Crippen LogP contribution in [0.3, 0.4) is 0 Å². The summed E-state index contributed by atoms with van der Waals surface area (Å²) < 4.78 is 26.9. The van der Waals surface area contributed by atoms with Crippen LogP contribution in [-0.2, 0) is 23.7 Å². The lowest BCUT2D eigenvalue weighted by Gasteiger charge is -2.30. The van der Waals surface area contributed by atoms with Gasteiger partial charge in [-0.05, 0) is 0 Å². The molecule has 0 radical (unpaired) electrons. The predicted molar refractivity (Wildman–Crippen MR) is 74.4 cm³/mol. The summed E-state index contributed by atoms with van der Waals surface area (Å²) in [6, 6.07) is 0. The summed E-state index contributed by atoms with van der Waals surface area (Å²) in [6.45, 7) is 8.23. The number of ether oxygens (including phenoxy) is 5. The fourth-order valence-corrected chi connectivity index (χ4v) is 1.78. The Morgan fingerprint density at radius 1 is 0.789 bits per heavy atom. The molecule has 5 heteroatoms. The van der Waals surface area contributed by atoms with Crippen LogP contribution in [0.15, 0.2) is 25.3 Å². The molecule has 0 aromatic heterocycles. The van der Waals surface area contributed by atoms with Gasteiger partial charge in [-0.2, -0.15) is 0 Å². The Bertz CT molecular complexity index is 220. The second kappa shape index (κ2) is 11.1. The molecule has 19 heavy (non-hydrogen) atoms. The number of hydrogen-bond donors (Lipinski definition) is 0. The normalized spacial score (nSPS) is 17.5. The number of hydrogen-bond acceptors (Lipinski definition) is 5. The van der Waals surface area contributed by atoms with Crippen LogP contribution in [0.1, 0.15) is 0 Å². The van der Waals surface area contributed by atoms with E-state index < -0.39 is 0 Å². The van der Waals surface area contributed by atoms with Crippen LogP contribution in [-0.4, -0.2) is 66.1 Å². The molecule has 4 atom stereocenters. The summed E-state index contributed by atoms with van der Waals surface area (Å²) in [6.07, 6.45) is 2.27. The van der Waals surface area contributed by atoms with Crippen LogP contribution in [0, 0.1) is 0 Å². The molecule has 0 bridgehead atoms. The van der Waals surface area contributed by atoms with Gasteiger partial charge >= 0.3 is 0 Å². The van der Waals surface area contributed by atoms with E-state index in [1.54, 1.807) is 40.6 Å². The second-order valence-electron chi connectivity index (χ2n) is 4.00. The molecule has 0 N–H and O–H groups in total. The van der Waals surface area contributed by atoms with Crippen molar-refractivity contribution in [3.63, 3.8) is 0 Å². The van der Waals surface area contributed by atoms with Crippen molar-refractivity contribution in [1.29, 1.82) is 0 Å². The maximum absolute atomic E-state index is 5.98. The van der Waals surface area contributed by atoms with E-state index in [-0.39, 0.29) is 24.4 Å². The zero-order valence-electron chi connectivity index (χ0n) is 12.3. The van der Waals surface area contributed by atoms with Gasteiger partial charge in [-0.1, -0.05) is 12.2 Å². The zero-order chi connectivity index (χ0) is 14.7. The molecule has 0 aromatic rings. The first kappa shape index (κ1) is 18.3. The van der Waals surface area contributed by atoms with E-state index in [1.807, 2.05) is 0 Å². The lowest BCUT2D eigenvalue weighted by molar-refractivity contribution is -0.144. The van der Waals surface area contributed by atoms with Gasteiger partial charge in [-0.3, -0.25) is 0 Å². The monoisotopic (exact) mass is 274 g/mol. The molecule has 5 nitrogen and oxygen atoms in total. The smallest absolute Gasteiger partial charge is 0.111 e. The molecule has 0 saturated carbocycles. The Morgan fingerprint density at radius 3 is 1.37 bits per heavy atom. The molecular formula is C14H26O5. The summed E-state index contributed by atoms with van der Waals surface area (Å²) in [4.78, 5) is 0. The number of rotatable bonds is 12. The van der Waals surface area contributed by atoms with Crippen molar-refractivity contribution in [3.8, 4) is 0 Å². The van der Waals surface area contributed by atoms with Crippen molar-refractivity contribution in [2.45, 2.75) is 24.4 Å². The van der Waals surface area contributed by atoms with E-state index in [0.717, 1.165) is 0 Å². The first-order chi connectivity index (χ1) is 9.18. The van der Waals surface area contributed by atoms with Crippen LogP contribution >= 0.6 is 0 Å². The van der Waals surface area contributed by atoms with E-state index >= 15 is 0 Å². The summed E-state index contributed by atoms with van der Waals surface area (Å²) in [5, 5.41) is 0. The molecule has 0 aliphatic carbocycles. The van der Waals surface area contributed by atoms with Crippen LogP contribution in [0.25, 0.3) is 0 Å². The average Bonchev–Trinajstić information content (AvgIpc) is 2.41. The van der Waals surface area contributed by atoms with Crippen molar-refractivity contribution < 1.29 is 23.7 Å². The molecule has 4 unspecified atom stereocenters. The molecule has 0 amide bonds. The van der Waals surface area contributed by atoms with Gasteiger partial charge in [0.05, 0.1) is 13.2 Å². The molecule has 0 spiro atoms. The lowest BCUT2D eigenvalue weighted by Crippen LogP contribution is -2.42. The van der Waals surface area contributed by atoms with Crippen LogP contribution in [0.2, 0.25) is 0 Å². The highest BCUT2D eigenvalue weighted by Crippen LogP contribution is 2.13. The second-order valence-corrected chi connectivity index (χ2v) is 4.00. The Hall–Kier alpha value is -0.720. The third-order valence-corrected chi connectivity index (χ3v) is 2.75. The predicted octanol–water partition coefficient (Wildman–Crippen LogP) is 1.43. The summed E-state index contributed by atoms with van der Waals surface area (Å²) in [5.41, 5.74) is 0. The van der Waals surface area contributed by atoms with Gasteiger partial charge in [0.25, 0.3) is 0 Å². The average molecular weight is 274 g/mol. The van der Waals surface area contributed by atoms with E-state index in [2.05, 4.69) is 13.2 Å². The van der Waals surface area contributed by atoms with Crippen molar-refractivity contribution in [3.05, 3.63) is 25.3 Å². The van der Waals surface area contributed by atoms with Crippen molar-refractivity contribution >= 4 is 0 Å². The first-order valence-corrected chi connectivity index (χ1v) is 6.12. The highest BCUT2D eigenvalue weighted by atomic mass is 16.6. The molecule has 0 aromatic carbocycles. The topological polar surface area (TPSA) is 46.2 Å². The standard InChI is InChI=1S/C14H26O5/c1-7-11(17-5)13(9-15-3)19-14(10-16-4)12(8-2)18-6/h7-8,11-14H,1-2,9-10H2,3-6H3. The third kappa shape index (κ3) is 6.31. The highest BCUT2D eigenvalue weighted by Gasteiger charge is 2.27. The van der Waals surface area contributed by atoms with Crippen molar-refractivity contribution in [1.82, 2.24) is 0 Å². The van der Waals surface area contributed by atoms with E-state index in [0.29, 0.717) is 13.2 Å². The molecule has 0 rings (SSSR count). The molecule has 0 aliphatic heterocycles. The molecule has 112 valence electrons. The van der Waals surface area contributed by atoms with Gasteiger partial charge in [-0.25, -0.2) is 0 Å². The van der Waals surface area contributed by atoms with Crippen molar-refractivity contribution in [2.75, 3.05) is 41.7 Å². The van der Waals surface area contributed by atoms with Gasteiger partial charge in [0.2, 0.25) is 0 Å².